The van der Waals surface area contributed by atoms with Gasteiger partial charge < -0.3 is 20.3 Å². The molecule has 6 nitrogen and oxygen atoms in total. The zero-order valence-electron chi connectivity index (χ0n) is 17.1. The summed E-state index contributed by atoms with van der Waals surface area (Å²) in [7, 11) is 1.59. The van der Waals surface area contributed by atoms with Gasteiger partial charge in [0.1, 0.15) is 11.6 Å². The Morgan fingerprint density at radius 3 is 2.34 bits per heavy atom. The Morgan fingerprint density at radius 2 is 1.76 bits per heavy atom. The van der Waals surface area contributed by atoms with Crippen LogP contribution >= 0.6 is 0 Å². The number of ether oxygens (including phenoxy) is 1. The quantitative estimate of drug-likeness (QED) is 0.563. The molecule has 0 aromatic heterocycles. The predicted molar refractivity (Wildman–Crippen MR) is 111 cm³/mol. The third-order valence-corrected chi connectivity index (χ3v) is 4.85. The van der Waals surface area contributed by atoms with Crippen molar-refractivity contribution in [1.29, 1.82) is 0 Å². The van der Waals surface area contributed by atoms with Crippen LogP contribution in [0.5, 0.6) is 5.75 Å². The smallest absolute Gasteiger partial charge is 0.279 e. The van der Waals surface area contributed by atoms with E-state index >= 15 is 0 Å². The summed E-state index contributed by atoms with van der Waals surface area (Å²) in [6.45, 7) is 5.05. The van der Waals surface area contributed by atoms with Crippen LogP contribution in [0.4, 0.5) is 10.1 Å². The van der Waals surface area contributed by atoms with Crippen molar-refractivity contribution in [3.63, 3.8) is 0 Å². The predicted octanol–water partition coefficient (Wildman–Crippen LogP) is 1.43. The fourth-order valence-corrected chi connectivity index (χ4v) is 2.99. The monoisotopic (exact) mass is 402 g/mol. The number of anilines is 1. The van der Waals surface area contributed by atoms with Gasteiger partial charge in [0, 0.05) is 12.2 Å². The van der Waals surface area contributed by atoms with Gasteiger partial charge in [-0.25, -0.2) is 4.39 Å². The first-order valence-corrected chi connectivity index (χ1v) is 9.73. The molecule has 0 fully saturated rings. The average Bonchev–Trinajstić information content (AvgIpc) is 2.73. The number of methoxy groups -OCH3 is 1. The van der Waals surface area contributed by atoms with Gasteiger partial charge in [-0.05, 0) is 62.2 Å². The van der Waals surface area contributed by atoms with Gasteiger partial charge in [0.2, 0.25) is 0 Å². The van der Waals surface area contributed by atoms with Crippen LogP contribution in [-0.4, -0.2) is 44.6 Å². The Balaban J connectivity index is 1.80. The van der Waals surface area contributed by atoms with E-state index in [2.05, 4.69) is 10.6 Å². The number of hydrogen-bond donors (Lipinski definition) is 3. The Bertz CT molecular complexity index is 794. The summed E-state index contributed by atoms with van der Waals surface area (Å²) in [5, 5.41) is 5.74. The molecule has 29 heavy (non-hydrogen) atoms. The molecule has 0 aliphatic carbocycles. The van der Waals surface area contributed by atoms with Crippen LogP contribution in [-0.2, 0) is 16.0 Å². The van der Waals surface area contributed by atoms with Crippen molar-refractivity contribution in [2.75, 3.05) is 32.1 Å². The van der Waals surface area contributed by atoms with Crippen LogP contribution in [0.15, 0.2) is 48.5 Å². The van der Waals surface area contributed by atoms with E-state index < -0.39 is 0 Å². The molecule has 0 heterocycles. The molecule has 0 aliphatic heterocycles. The number of rotatable bonds is 10. The molecule has 1 unspecified atom stereocenters. The molecule has 2 rings (SSSR count). The number of carbonyl (C=O) groups is 2. The topological polar surface area (TPSA) is 71.9 Å². The molecule has 0 saturated carbocycles. The van der Waals surface area contributed by atoms with E-state index in [0.29, 0.717) is 25.2 Å². The lowest BCUT2D eigenvalue weighted by Gasteiger charge is -2.23. The summed E-state index contributed by atoms with van der Waals surface area (Å²) in [4.78, 5) is 25.7. The number of amides is 2. The summed E-state index contributed by atoms with van der Waals surface area (Å²) < 4.78 is 18.0. The Labute approximate surface area is 171 Å². The SMILES string of the molecule is CC[NH+](CC(=O)Nc1ccc(OC)cc1)[C@H](C)C(=O)NCCc1ccc(F)cc1. The van der Waals surface area contributed by atoms with E-state index in [-0.39, 0.29) is 30.2 Å². The fourth-order valence-electron chi connectivity index (χ4n) is 2.99. The third kappa shape index (κ3) is 7.19. The van der Waals surface area contributed by atoms with E-state index in [0.717, 1.165) is 16.2 Å². The molecule has 2 aromatic rings. The maximum absolute atomic E-state index is 12.9. The lowest BCUT2D eigenvalue weighted by molar-refractivity contribution is -0.904. The van der Waals surface area contributed by atoms with Crippen LogP contribution in [0.1, 0.15) is 19.4 Å². The minimum Gasteiger partial charge on any atom is -0.497 e. The number of benzene rings is 2. The standard InChI is InChI=1S/C22H28FN3O3/c1-4-26(15-21(27)25-19-9-11-20(29-3)12-10-19)16(2)22(28)24-14-13-17-5-7-18(23)8-6-17/h5-12,16H,4,13-15H2,1-3H3,(H,24,28)(H,25,27)/p+1/t16-/m1/s1. The van der Waals surface area contributed by atoms with Crippen molar-refractivity contribution < 1.29 is 23.6 Å². The minimum atomic E-state index is -0.366. The molecule has 0 bridgehead atoms. The zero-order chi connectivity index (χ0) is 21.2. The van der Waals surface area contributed by atoms with E-state index in [9.17, 15) is 14.0 Å². The van der Waals surface area contributed by atoms with Gasteiger partial charge in [-0.3, -0.25) is 9.59 Å². The van der Waals surface area contributed by atoms with Gasteiger partial charge in [-0.2, -0.15) is 0 Å². The van der Waals surface area contributed by atoms with Crippen molar-refractivity contribution in [2.45, 2.75) is 26.3 Å². The molecule has 0 radical (unpaired) electrons. The van der Waals surface area contributed by atoms with Crippen molar-refractivity contribution in [1.82, 2.24) is 5.32 Å². The van der Waals surface area contributed by atoms with Crippen LogP contribution in [0.3, 0.4) is 0 Å². The molecule has 0 spiro atoms. The van der Waals surface area contributed by atoms with Crippen LogP contribution in [0, 0.1) is 5.82 Å². The number of nitrogens with one attached hydrogen (secondary N) is 3. The molecule has 0 aliphatic rings. The van der Waals surface area contributed by atoms with E-state index in [4.69, 9.17) is 4.74 Å². The summed E-state index contributed by atoms with van der Waals surface area (Å²) in [5.74, 6) is 0.176. The van der Waals surface area contributed by atoms with Crippen molar-refractivity contribution >= 4 is 17.5 Å². The highest BCUT2D eigenvalue weighted by Gasteiger charge is 2.25. The fraction of sp³-hybridized carbons (Fsp3) is 0.364. The second kappa shape index (κ2) is 11.2. The first-order valence-electron chi connectivity index (χ1n) is 9.73. The van der Waals surface area contributed by atoms with Gasteiger partial charge in [-0.1, -0.05) is 12.1 Å². The highest BCUT2D eigenvalue weighted by Crippen LogP contribution is 2.14. The lowest BCUT2D eigenvalue weighted by atomic mass is 10.1. The summed E-state index contributed by atoms with van der Waals surface area (Å²) in [6.07, 6.45) is 0.623. The first-order chi connectivity index (χ1) is 13.9. The highest BCUT2D eigenvalue weighted by atomic mass is 19.1. The van der Waals surface area contributed by atoms with E-state index in [1.165, 1.54) is 12.1 Å². The zero-order valence-corrected chi connectivity index (χ0v) is 17.1. The maximum atomic E-state index is 12.9. The number of quaternary nitrogens is 1. The molecule has 7 heteroatoms. The largest absolute Gasteiger partial charge is 0.497 e. The second-order valence-corrected chi connectivity index (χ2v) is 6.85. The summed E-state index contributed by atoms with van der Waals surface area (Å²) in [5.41, 5.74) is 1.64. The summed E-state index contributed by atoms with van der Waals surface area (Å²) in [6, 6.07) is 13.0. The lowest BCUT2D eigenvalue weighted by Crippen LogP contribution is -3.17. The van der Waals surface area contributed by atoms with Crippen LogP contribution in [0.2, 0.25) is 0 Å². The van der Waals surface area contributed by atoms with Gasteiger partial charge in [0.15, 0.2) is 12.6 Å². The number of halogens is 1. The molecule has 3 N–H and O–H groups in total. The average molecular weight is 402 g/mol. The minimum absolute atomic E-state index is 0.110. The second-order valence-electron chi connectivity index (χ2n) is 6.85. The Morgan fingerprint density at radius 1 is 1.10 bits per heavy atom. The molecular formula is C22H29FN3O3+. The Hall–Kier alpha value is -2.93. The molecular weight excluding hydrogens is 373 g/mol. The van der Waals surface area contributed by atoms with Crippen molar-refractivity contribution in [3.8, 4) is 5.75 Å². The van der Waals surface area contributed by atoms with Gasteiger partial charge in [0.25, 0.3) is 11.8 Å². The third-order valence-electron chi connectivity index (χ3n) is 4.85. The van der Waals surface area contributed by atoms with E-state index in [1.54, 1.807) is 43.5 Å². The molecule has 2 aromatic carbocycles. The van der Waals surface area contributed by atoms with Gasteiger partial charge in [-0.15, -0.1) is 0 Å². The molecule has 156 valence electrons. The van der Waals surface area contributed by atoms with E-state index in [1.807, 2.05) is 13.8 Å². The molecule has 2 atom stereocenters. The number of likely N-dealkylation sites (N-methyl/N-ethyl adjacent to an activating group) is 1. The number of hydrogen-bond acceptors (Lipinski definition) is 3. The van der Waals surface area contributed by atoms with Crippen LogP contribution in [0.25, 0.3) is 0 Å². The first kappa shape index (κ1) is 22.4. The summed E-state index contributed by atoms with van der Waals surface area (Å²) >= 11 is 0. The van der Waals surface area contributed by atoms with Crippen molar-refractivity contribution in [2.24, 2.45) is 0 Å². The molecule has 0 saturated heterocycles. The maximum Gasteiger partial charge on any atom is 0.279 e. The van der Waals surface area contributed by atoms with Crippen molar-refractivity contribution in [3.05, 3.63) is 59.9 Å². The van der Waals surface area contributed by atoms with Gasteiger partial charge in [0.05, 0.1) is 13.7 Å². The Kier molecular flexibility index (Phi) is 8.61. The van der Waals surface area contributed by atoms with Gasteiger partial charge >= 0.3 is 0 Å². The molecule has 2 amide bonds. The highest BCUT2D eigenvalue weighted by molar-refractivity contribution is 5.91. The number of carbonyl (C=O) groups excluding carboxylic acids is 2. The normalized spacial score (nSPS) is 12.7. The van der Waals surface area contributed by atoms with Crippen LogP contribution < -0.4 is 20.3 Å².